The molecule has 0 N–H and O–H groups in total. The third kappa shape index (κ3) is 5.11. The Morgan fingerprint density at radius 2 is 2.09 bits per heavy atom. The van der Waals surface area contributed by atoms with Crippen LogP contribution in [0.15, 0.2) is 64.5 Å². The Kier molecular flexibility index (Phi) is 6.84. The minimum Gasteiger partial charge on any atom is -0.441 e. The average Bonchev–Trinajstić information content (AvgIpc) is 3.18. The molecule has 0 radical (unpaired) electrons. The molecular weight excluding hydrogens is 412 g/mol. The lowest BCUT2D eigenvalue weighted by atomic mass is 10.1. The number of benzene rings is 1. The number of likely N-dealkylation sites (N-methyl/N-ethyl adjacent to an activating group) is 1. The first-order valence-electron chi connectivity index (χ1n) is 11.8. The molecule has 0 spiro atoms. The van der Waals surface area contributed by atoms with Crippen LogP contribution in [0.2, 0.25) is 0 Å². The van der Waals surface area contributed by atoms with Gasteiger partial charge in [0.05, 0.1) is 5.70 Å². The molecule has 0 bridgehead atoms. The van der Waals surface area contributed by atoms with Gasteiger partial charge >= 0.3 is 0 Å². The van der Waals surface area contributed by atoms with Crippen LogP contribution >= 0.6 is 0 Å². The SMILES string of the molecule is CCC/C=C1\C=CC(N2CCN(C)[C@@H](C)C2)=CN1C(=O)/C=C(\C)c1ccc2nc(C)oc2c1. The molecule has 6 nitrogen and oxygen atoms in total. The first-order chi connectivity index (χ1) is 15.9. The van der Waals surface area contributed by atoms with Crippen LogP contribution in [0.3, 0.4) is 0 Å². The summed E-state index contributed by atoms with van der Waals surface area (Å²) in [6.07, 6.45) is 12.0. The van der Waals surface area contributed by atoms with E-state index >= 15 is 0 Å². The maximum atomic E-state index is 13.4. The van der Waals surface area contributed by atoms with Crippen LogP contribution in [0.25, 0.3) is 16.7 Å². The Labute approximate surface area is 196 Å². The number of oxazole rings is 1. The molecule has 2 aliphatic rings. The highest BCUT2D eigenvalue weighted by Crippen LogP contribution is 2.25. The molecule has 1 amide bonds. The van der Waals surface area contributed by atoms with E-state index in [0.717, 1.165) is 66.1 Å². The lowest BCUT2D eigenvalue weighted by Gasteiger charge is -2.40. The van der Waals surface area contributed by atoms with Crippen molar-refractivity contribution >= 4 is 22.6 Å². The molecule has 0 saturated carbocycles. The molecule has 0 aliphatic carbocycles. The fourth-order valence-electron chi connectivity index (χ4n) is 4.24. The largest absolute Gasteiger partial charge is 0.441 e. The Morgan fingerprint density at radius 1 is 1.27 bits per heavy atom. The molecule has 2 aromatic rings. The van der Waals surface area contributed by atoms with E-state index in [9.17, 15) is 4.79 Å². The zero-order valence-electron chi connectivity index (χ0n) is 20.3. The molecule has 4 rings (SSSR count). The van der Waals surface area contributed by atoms with Crippen LogP contribution in [0.1, 0.15) is 45.1 Å². The Balaban J connectivity index is 1.60. The Bertz CT molecular complexity index is 1150. The standard InChI is InChI=1S/C27H34N4O2/c1-6-7-8-23-10-11-24(30-14-13-29(5)20(3)17-30)18-31(23)27(32)15-19(2)22-9-12-25-26(16-22)33-21(4)28-25/h8-12,15-16,18,20H,6-7,13-14,17H2,1-5H3/b19-15+,23-8+/t20-/m0/s1. The number of aromatic nitrogens is 1. The van der Waals surface area contributed by atoms with Gasteiger partial charge in [-0.3, -0.25) is 9.69 Å². The minimum absolute atomic E-state index is 0.0484. The molecule has 1 aromatic carbocycles. The molecule has 174 valence electrons. The number of allylic oxidation sites excluding steroid dienone is 4. The van der Waals surface area contributed by atoms with Crippen molar-refractivity contribution in [3.8, 4) is 0 Å². The summed E-state index contributed by atoms with van der Waals surface area (Å²) in [7, 11) is 2.17. The summed E-state index contributed by atoms with van der Waals surface area (Å²) < 4.78 is 5.67. The highest BCUT2D eigenvalue weighted by molar-refractivity contribution is 5.97. The third-order valence-electron chi connectivity index (χ3n) is 6.46. The molecule has 1 atom stereocenters. The number of unbranched alkanes of at least 4 members (excludes halogenated alkanes) is 1. The number of aryl methyl sites for hydroxylation is 1. The van der Waals surface area contributed by atoms with Crippen LogP contribution in [0.5, 0.6) is 0 Å². The number of hydrogen-bond acceptors (Lipinski definition) is 5. The summed E-state index contributed by atoms with van der Waals surface area (Å²) in [5, 5.41) is 0. The van der Waals surface area contributed by atoms with Crippen LogP contribution < -0.4 is 0 Å². The smallest absolute Gasteiger partial charge is 0.255 e. The summed E-state index contributed by atoms with van der Waals surface area (Å²) in [5.74, 6) is 0.592. The molecule has 1 fully saturated rings. The van der Waals surface area contributed by atoms with Gasteiger partial charge in [-0.1, -0.05) is 25.5 Å². The number of carbonyl (C=O) groups excluding carboxylic acids is 1. The Hall–Kier alpha value is -3.12. The molecular formula is C27H34N4O2. The zero-order chi connectivity index (χ0) is 23.5. The molecule has 3 heterocycles. The molecule has 2 aliphatic heterocycles. The number of hydrogen-bond donors (Lipinski definition) is 0. The van der Waals surface area contributed by atoms with Crippen LogP contribution in [0, 0.1) is 6.92 Å². The maximum absolute atomic E-state index is 13.4. The molecule has 0 unspecified atom stereocenters. The van der Waals surface area contributed by atoms with Crippen LogP contribution in [0.4, 0.5) is 0 Å². The van der Waals surface area contributed by atoms with Gasteiger partial charge in [0.1, 0.15) is 5.52 Å². The number of carbonyl (C=O) groups is 1. The second kappa shape index (κ2) is 9.79. The summed E-state index contributed by atoms with van der Waals surface area (Å²) in [4.78, 5) is 24.3. The number of rotatable bonds is 5. The average molecular weight is 447 g/mol. The first-order valence-corrected chi connectivity index (χ1v) is 11.8. The lowest BCUT2D eigenvalue weighted by molar-refractivity contribution is -0.122. The van der Waals surface area contributed by atoms with Gasteiger partial charge < -0.3 is 14.2 Å². The molecule has 33 heavy (non-hydrogen) atoms. The predicted molar refractivity (Wildman–Crippen MR) is 133 cm³/mol. The quantitative estimate of drug-likeness (QED) is 0.598. The fourth-order valence-corrected chi connectivity index (χ4v) is 4.24. The van der Waals surface area contributed by atoms with Crippen molar-refractivity contribution in [3.05, 3.63) is 71.6 Å². The summed E-state index contributed by atoms with van der Waals surface area (Å²) in [6, 6.07) is 6.35. The van der Waals surface area contributed by atoms with Gasteiger partial charge in [0.15, 0.2) is 11.5 Å². The third-order valence-corrected chi connectivity index (χ3v) is 6.46. The first kappa shape index (κ1) is 23.1. The summed E-state index contributed by atoms with van der Waals surface area (Å²) in [6.45, 7) is 11.1. The summed E-state index contributed by atoms with van der Waals surface area (Å²) in [5.41, 5.74) is 5.43. The van der Waals surface area contributed by atoms with E-state index in [-0.39, 0.29) is 5.91 Å². The van der Waals surface area contributed by atoms with Crippen molar-refractivity contribution in [3.63, 3.8) is 0 Å². The monoisotopic (exact) mass is 446 g/mol. The van der Waals surface area contributed by atoms with E-state index in [1.54, 1.807) is 11.0 Å². The van der Waals surface area contributed by atoms with Crippen molar-refractivity contribution in [2.24, 2.45) is 0 Å². The molecule has 6 heteroatoms. The number of amides is 1. The van der Waals surface area contributed by atoms with E-state index in [2.05, 4.69) is 53.9 Å². The zero-order valence-corrected chi connectivity index (χ0v) is 20.3. The normalized spacial score (nSPS) is 21.2. The number of fused-ring (bicyclic) bond motifs is 1. The topological polar surface area (TPSA) is 52.8 Å². The van der Waals surface area contributed by atoms with Crippen molar-refractivity contribution in [2.45, 2.75) is 46.6 Å². The van der Waals surface area contributed by atoms with Crippen molar-refractivity contribution in [1.29, 1.82) is 0 Å². The highest BCUT2D eigenvalue weighted by atomic mass is 16.3. The fraction of sp³-hybridized carbons (Fsp3) is 0.407. The van der Waals surface area contributed by atoms with Gasteiger partial charge in [-0.05, 0) is 62.7 Å². The second-order valence-corrected chi connectivity index (χ2v) is 9.03. The van der Waals surface area contributed by atoms with E-state index in [0.29, 0.717) is 11.9 Å². The van der Waals surface area contributed by atoms with E-state index in [1.165, 1.54) is 0 Å². The van der Waals surface area contributed by atoms with Gasteiger partial charge in [0.2, 0.25) is 0 Å². The van der Waals surface area contributed by atoms with Gasteiger partial charge in [-0.15, -0.1) is 0 Å². The maximum Gasteiger partial charge on any atom is 0.255 e. The van der Waals surface area contributed by atoms with Crippen LogP contribution in [-0.4, -0.2) is 58.3 Å². The van der Waals surface area contributed by atoms with Crippen LogP contribution in [-0.2, 0) is 4.79 Å². The van der Waals surface area contributed by atoms with Crippen molar-refractivity contribution in [2.75, 3.05) is 26.7 Å². The number of piperazine rings is 1. The Morgan fingerprint density at radius 3 is 2.85 bits per heavy atom. The molecule has 1 aromatic heterocycles. The number of nitrogens with zero attached hydrogens (tertiary/aromatic N) is 4. The van der Waals surface area contributed by atoms with Gasteiger partial charge in [0, 0.05) is 50.6 Å². The minimum atomic E-state index is -0.0484. The van der Waals surface area contributed by atoms with Gasteiger partial charge in [-0.25, -0.2) is 4.98 Å². The van der Waals surface area contributed by atoms with Gasteiger partial charge in [-0.2, -0.15) is 0 Å². The van der Waals surface area contributed by atoms with E-state index < -0.39 is 0 Å². The van der Waals surface area contributed by atoms with E-state index in [4.69, 9.17) is 4.42 Å². The highest BCUT2D eigenvalue weighted by Gasteiger charge is 2.25. The van der Waals surface area contributed by atoms with E-state index in [1.807, 2.05) is 38.2 Å². The predicted octanol–water partition coefficient (Wildman–Crippen LogP) is 5.10. The van der Waals surface area contributed by atoms with Crippen molar-refractivity contribution < 1.29 is 9.21 Å². The lowest BCUT2D eigenvalue weighted by Crippen LogP contribution is -2.49. The van der Waals surface area contributed by atoms with Gasteiger partial charge in [0.25, 0.3) is 5.91 Å². The second-order valence-electron chi connectivity index (χ2n) is 9.03. The molecule has 1 saturated heterocycles. The van der Waals surface area contributed by atoms with Crippen molar-refractivity contribution in [1.82, 2.24) is 19.7 Å². The summed E-state index contributed by atoms with van der Waals surface area (Å²) >= 11 is 0.